The van der Waals surface area contributed by atoms with Crippen molar-refractivity contribution in [2.75, 3.05) is 7.11 Å². The zero-order chi connectivity index (χ0) is 13.5. The summed E-state index contributed by atoms with van der Waals surface area (Å²) in [6.45, 7) is 4.43. The minimum Gasteiger partial charge on any atom is -0.494 e. The van der Waals surface area contributed by atoms with Gasteiger partial charge in [0.1, 0.15) is 0 Å². The molecule has 19 heavy (non-hydrogen) atoms. The van der Waals surface area contributed by atoms with Crippen molar-refractivity contribution in [1.82, 2.24) is 5.32 Å². The molecule has 0 radical (unpaired) electrons. The molecule has 1 atom stereocenters. The maximum Gasteiger partial charge on any atom is 0.189 e. The first-order chi connectivity index (χ1) is 8.56. The van der Waals surface area contributed by atoms with Crippen molar-refractivity contribution in [1.29, 1.82) is 0 Å². The van der Waals surface area contributed by atoms with E-state index in [1.54, 1.807) is 12.1 Å². The lowest BCUT2D eigenvalue weighted by molar-refractivity contribution is 0.386. The molecule has 0 spiro atoms. The second kappa shape index (κ2) is 8.95. The number of nitrogens with two attached hydrogens (primary N) is 1. The summed E-state index contributed by atoms with van der Waals surface area (Å²) in [6.07, 6.45) is 0.966. The third kappa shape index (κ3) is 6.09. The zero-order valence-corrected chi connectivity index (χ0v) is 13.8. The van der Waals surface area contributed by atoms with Gasteiger partial charge in [-0.25, -0.2) is 9.38 Å². The van der Waals surface area contributed by atoms with Gasteiger partial charge in [-0.05, 0) is 31.0 Å². The Bertz CT molecular complexity index is 426. The summed E-state index contributed by atoms with van der Waals surface area (Å²) in [5.74, 6) is 0.215. The van der Waals surface area contributed by atoms with Crippen LogP contribution in [-0.2, 0) is 6.54 Å². The van der Waals surface area contributed by atoms with Gasteiger partial charge in [0, 0.05) is 6.04 Å². The molecular weight excluding hydrogens is 360 g/mol. The Balaban J connectivity index is 0.00000324. The number of nitrogens with one attached hydrogen (secondary N) is 1. The minimum atomic E-state index is -0.390. The maximum absolute atomic E-state index is 13.4. The molecule has 108 valence electrons. The summed E-state index contributed by atoms with van der Waals surface area (Å²) in [5, 5.41) is 3.05. The molecule has 6 heteroatoms. The molecule has 0 saturated heterocycles. The van der Waals surface area contributed by atoms with E-state index in [1.807, 2.05) is 6.92 Å². The predicted molar refractivity (Wildman–Crippen MR) is 86.6 cm³/mol. The smallest absolute Gasteiger partial charge is 0.189 e. The molecule has 0 heterocycles. The number of hydrogen-bond donors (Lipinski definition) is 2. The standard InChI is InChI=1S/C13H20FN3O.HI/c1-4-9(2)17-13(15)16-8-10-5-6-12(18-3)11(14)7-10;/h5-7,9H,4,8H2,1-3H3,(H3,15,16,17);1H. The number of ether oxygens (including phenoxy) is 1. The SMILES string of the molecule is CCC(C)NC(N)=NCc1ccc(OC)c(F)c1.I. The molecule has 3 N–H and O–H groups in total. The number of benzene rings is 1. The van der Waals surface area contributed by atoms with Gasteiger partial charge in [0.2, 0.25) is 0 Å². The molecule has 0 saturated carbocycles. The third-order valence-electron chi connectivity index (χ3n) is 2.65. The van der Waals surface area contributed by atoms with Crippen molar-refractivity contribution >= 4 is 29.9 Å². The van der Waals surface area contributed by atoms with E-state index in [1.165, 1.54) is 13.2 Å². The van der Waals surface area contributed by atoms with Gasteiger partial charge in [-0.3, -0.25) is 0 Å². The van der Waals surface area contributed by atoms with Crippen molar-refractivity contribution in [2.45, 2.75) is 32.9 Å². The second-order valence-corrected chi connectivity index (χ2v) is 4.12. The molecule has 0 aliphatic carbocycles. The average Bonchev–Trinajstić information content (AvgIpc) is 2.36. The van der Waals surface area contributed by atoms with Crippen molar-refractivity contribution in [2.24, 2.45) is 10.7 Å². The monoisotopic (exact) mass is 381 g/mol. The van der Waals surface area contributed by atoms with Gasteiger partial charge in [0.05, 0.1) is 13.7 Å². The van der Waals surface area contributed by atoms with Crippen LogP contribution < -0.4 is 15.8 Å². The lowest BCUT2D eigenvalue weighted by Gasteiger charge is -2.11. The summed E-state index contributed by atoms with van der Waals surface area (Å²) in [5.41, 5.74) is 6.46. The molecule has 0 aliphatic rings. The predicted octanol–water partition coefficient (Wildman–Crippen LogP) is 2.66. The van der Waals surface area contributed by atoms with Gasteiger partial charge in [0.15, 0.2) is 17.5 Å². The molecule has 0 aliphatic heterocycles. The Hall–Kier alpha value is -1.05. The number of rotatable bonds is 5. The van der Waals surface area contributed by atoms with Gasteiger partial charge in [-0.2, -0.15) is 0 Å². The van der Waals surface area contributed by atoms with Crippen LogP contribution in [0, 0.1) is 5.82 Å². The van der Waals surface area contributed by atoms with Gasteiger partial charge >= 0.3 is 0 Å². The average molecular weight is 381 g/mol. The molecule has 1 aromatic rings. The maximum atomic E-state index is 13.4. The molecule has 4 nitrogen and oxygen atoms in total. The molecular formula is C13H21FIN3O. The van der Waals surface area contributed by atoms with E-state index < -0.39 is 5.82 Å². The third-order valence-corrected chi connectivity index (χ3v) is 2.65. The Morgan fingerprint density at radius 1 is 1.53 bits per heavy atom. The Labute approximate surface area is 130 Å². The topological polar surface area (TPSA) is 59.6 Å². The van der Waals surface area contributed by atoms with Crippen LogP contribution in [0.4, 0.5) is 4.39 Å². The minimum absolute atomic E-state index is 0. The summed E-state index contributed by atoms with van der Waals surface area (Å²) >= 11 is 0. The molecule has 1 rings (SSSR count). The van der Waals surface area contributed by atoms with Crippen LogP contribution in [0.3, 0.4) is 0 Å². The van der Waals surface area contributed by atoms with Gasteiger partial charge < -0.3 is 15.8 Å². The first kappa shape index (κ1) is 17.9. The molecule has 0 amide bonds. The van der Waals surface area contributed by atoms with Crippen molar-refractivity contribution in [3.8, 4) is 5.75 Å². The number of halogens is 2. The molecule has 1 aromatic carbocycles. The van der Waals surface area contributed by atoms with E-state index in [-0.39, 0.29) is 35.8 Å². The van der Waals surface area contributed by atoms with Crippen LogP contribution in [0.5, 0.6) is 5.75 Å². The van der Waals surface area contributed by atoms with Crippen molar-refractivity contribution in [3.05, 3.63) is 29.6 Å². The van der Waals surface area contributed by atoms with Crippen LogP contribution in [-0.4, -0.2) is 19.1 Å². The second-order valence-electron chi connectivity index (χ2n) is 4.12. The number of methoxy groups -OCH3 is 1. The summed E-state index contributed by atoms with van der Waals surface area (Å²) in [4.78, 5) is 4.15. The molecule has 0 fully saturated rings. The highest BCUT2D eigenvalue weighted by atomic mass is 127. The zero-order valence-electron chi connectivity index (χ0n) is 11.4. The molecule has 0 bridgehead atoms. The van der Waals surface area contributed by atoms with E-state index in [0.717, 1.165) is 12.0 Å². The highest BCUT2D eigenvalue weighted by molar-refractivity contribution is 14.0. The summed E-state index contributed by atoms with van der Waals surface area (Å²) in [7, 11) is 1.43. The molecule has 0 aromatic heterocycles. The largest absolute Gasteiger partial charge is 0.494 e. The lowest BCUT2D eigenvalue weighted by Crippen LogP contribution is -2.38. The van der Waals surface area contributed by atoms with Crippen LogP contribution in [0.25, 0.3) is 0 Å². The summed E-state index contributed by atoms with van der Waals surface area (Å²) in [6, 6.07) is 5.03. The highest BCUT2D eigenvalue weighted by Gasteiger charge is 2.03. The van der Waals surface area contributed by atoms with Crippen LogP contribution in [0.15, 0.2) is 23.2 Å². The van der Waals surface area contributed by atoms with E-state index in [4.69, 9.17) is 10.5 Å². The Kier molecular flexibility index (Phi) is 8.46. The molecule has 1 unspecified atom stereocenters. The Morgan fingerprint density at radius 2 is 2.21 bits per heavy atom. The number of aliphatic imine (C=N–C) groups is 1. The van der Waals surface area contributed by atoms with Gasteiger partial charge in [-0.15, -0.1) is 24.0 Å². The quantitative estimate of drug-likeness (QED) is 0.469. The number of guanidine groups is 1. The van der Waals surface area contributed by atoms with Crippen molar-refractivity contribution in [3.63, 3.8) is 0 Å². The first-order valence-corrected chi connectivity index (χ1v) is 5.95. The van der Waals surface area contributed by atoms with E-state index in [2.05, 4.69) is 17.2 Å². The number of hydrogen-bond acceptors (Lipinski definition) is 2. The normalized spacial score (nSPS) is 12.5. The van der Waals surface area contributed by atoms with Crippen LogP contribution >= 0.6 is 24.0 Å². The van der Waals surface area contributed by atoms with Gasteiger partial charge in [0.25, 0.3) is 0 Å². The van der Waals surface area contributed by atoms with Crippen LogP contribution in [0.2, 0.25) is 0 Å². The van der Waals surface area contributed by atoms with Gasteiger partial charge in [-0.1, -0.05) is 13.0 Å². The fourth-order valence-corrected chi connectivity index (χ4v) is 1.38. The fourth-order valence-electron chi connectivity index (χ4n) is 1.38. The first-order valence-electron chi connectivity index (χ1n) is 5.95. The summed E-state index contributed by atoms with van der Waals surface area (Å²) < 4.78 is 18.3. The Morgan fingerprint density at radius 3 is 2.74 bits per heavy atom. The van der Waals surface area contributed by atoms with E-state index in [9.17, 15) is 4.39 Å². The van der Waals surface area contributed by atoms with E-state index in [0.29, 0.717) is 12.5 Å². The highest BCUT2D eigenvalue weighted by Crippen LogP contribution is 2.17. The van der Waals surface area contributed by atoms with Crippen LogP contribution in [0.1, 0.15) is 25.8 Å². The van der Waals surface area contributed by atoms with E-state index >= 15 is 0 Å². The lowest BCUT2D eigenvalue weighted by atomic mass is 10.2. The fraction of sp³-hybridized carbons (Fsp3) is 0.462. The van der Waals surface area contributed by atoms with Crippen molar-refractivity contribution < 1.29 is 9.13 Å². The number of nitrogens with zero attached hydrogens (tertiary/aromatic N) is 1.